The first-order valence-corrected chi connectivity index (χ1v) is 6.17. The number of ether oxygens (including phenoxy) is 1. The molecule has 0 aliphatic heterocycles. The second kappa shape index (κ2) is 9.70. The zero-order valence-corrected chi connectivity index (χ0v) is 11.2. The van der Waals surface area contributed by atoms with Gasteiger partial charge in [0.2, 0.25) is 6.41 Å². The molecule has 1 amide bonds. The number of rotatable bonds is 6. The Kier molecular flexibility index (Phi) is 8.84. The average molecular weight is 237 g/mol. The third kappa shape index (κ3) is 5.95. The molecule has 0 heterocycles. The van der Waals surface area contributed by atoms with Crippen molar-refractivity contribution in [2.24, 2.45) is 0 Å². The summed E-state index contributed by atoms with van der Waals surface area (Å²) in [5.74, 6) is 0.932. The first-order chi connectivity index (χ1) is 8.27. The van der Waals surface area contributed by atoms with Crippen molar-refractivity contribution in [1.29, 1.82) is 0 Å². The SMILES string of the molecule is CC.CCOc1cc(CCNC=O)ccc1C. The fraction of sp³-hybridized carbons (Fsp3) is 0.500. The molecule has 0 bridgehead atoms. The van der Waals surface area contributed by atoms with E-state index in [-0.39, 0.29) is 0 Å². The van der Waals surface area contributed by atoms with E-state index < -0.39 is 0 Å². The molecule has 0 aliphatic rings. The second-order valence-electron chi connectivity index (χ2n) is 3.35. The van der Waals surface area contributed by atoms with Gasteiger partial charge in [-0.05, 0) is 37.5 Å². The standard InChI is InChI=1S/C12H17NO2.C2H6/c1-3-15-12-8-11(5-4-10(12)2)6-7-13-9-14;1-2/h4-5,8-9H,3,6-7H2,1-2H3,(H,13,14);1-2H3. The number of benzene rings is 1. The first-order valence-electron chi connectivity index (χ1n) is 6.17. The number of amides is 1. The van der Waals surface area contributed by atoms with E-state index >= 15 is 0 Å². The van der Waals surface area contributed by atoms with Gasteiger partial charge >= 0.3 is 0 Å². The third-order valence-electron chi connectivity index (χ3n) is 2.19. The Morgan fingerprint density at radius 1 is 1.35 bits per heavy atom. The van der Waals surface area contributed by atoms with Crippen LogP contribution in [0.25, 0.3) is 0 Å². The van der Waals surface area contributed by atoms with Gasteiger partial charge in [-0.1, -0.05) is 26.0 Å². The molecule has 96 valence electrons. The number of aryl methyl sites for hydroxylation is 1. The van der Waals surface area contributed by atoms with Gasteiger partial charge in [-0.15, -0.1) is 0 Å². The molecule has 1 N–H and O–H groups in total. The van der Waals surface area contributed by atoms with E-state index in [4.69, 9.17) is 4.74 Å². The Morgan fingerprint density at radius 2 is 2.06 bits per heavy atom. The fourth-order valence-corrected chi connectivity index (χ4v) is 1.39. The molecule has 0 aliphatic carbocycles. The largest absolute Gasteiger partial charge is 0.494 e. The molecule has 0 unspecified atom stereocenters. The number of hydrogen-bond acceptors (Lipinski definition) is 2. The Hall–Kier alpha value is -1.51. The number of hydrogen-bond donors (Lipinski definition) is 1. The van der Waals surface area contributed by atoms with Gasteiger partial charge in [0, 0.05) is 6.54 Å². The summed E-state index contributed by atoms with van der Waals surface area (Å²) >= 11 is 0. The van der Waals surface area contributed by atoms with Gasteiger partial charge < -0.3 is 10.1 Å². The van der Waals surface area contributed by atoms with E-state index in [2.05, 4.69) is 11.4 Å². The Balaban J connectivity index is 0.00000121. The highest BCUT2D eigenvalue weighted by atomic mass is 16.5. The van der Waals surface area contributed by atoms with Gasteiger partial charge in [0.15, 0.2) is 0 Å². The number of carbonyl (C=O) groups is 1. The van der Waals surface area contributed by atoms with Gasteiger partial charge in [-0.3, -0.25) is 4.79 Å². The lowest BCUT2D eigenvalue weighted by atomic mass is 10.1. The van der Waals surface area contributed by atoms with Crippen molar-refractivity contribution in [2.75, 3.05) is 13.2 Å². The lowest BCUT2D eigenvalue weighted by Gasteiger charge is -2.09. The predicted octanol–water partition coefficient (Wildman–Crippen LogP) is 2.71. The molecule has 0 radical (unpaired) electrons. The molecule has 1 rings (SSSR count). The molecule has 0 atom stereocenters. The van der Waals surface area contributed by atoms with Crippen LogP contribution >= 0.6 is 0 Å². The van der Waals surface area contributed by atoms with E-state index in [0.29, 0.717) is 13.2 Å². The number of nitrogens with one attached hydrogen (secondary N) is 1. The van der Waals surface area contributed by atoms with Crippen LogP contribution in [0.4, 0.5) is 0 Å². The lowest BCUT2D eigenvalue weighted by molar-refractivity contribution is -0.109. The molecule has 0 spiro atoms. The van der Waals surface area contributed by atoms with Crippen molar-refractivity contribution in [1.82, 2.24) is 5.32 Å². The van der Waals surface area contributed by atoms with Gasteiger partial charge in [-0.25, -0.2) is 0 Å². The van der Waals surface area contributed by atoms with E-state index in [1.165, 1.54) is 5.56 Å². The molecular formula is C14H23NO2. The Bertz CT molecular complexity index is 324. The van der Waals surface area contributed by atoms with Crippen LogP contribution in [0.2, 0.25) is 0 Å². The first kappa shape index (κ1) is 15.5. The summed E-state index contributed by atoms with van der Waals surface area (Å²) in [6.45, 7) is 9.34. The summed E-state index contributed by atoms with van der Waals surface area (Å²) < 4.78 is 5.49. The quantitative estimate of drug-likeness (QED) is 0.610. The van der Waals surface area contributed by atoms with Gasteiger partial charge in [0.1, 0.15) is 5.75 Å². The van der Waals surface area contributed by atoms with Gasteiger partial charge in [0.25, 0.3) is 0 Å². The zero-order valence-electron chi connectivity index (χ0n) is 11.2. The van der Waals surface area contributed by atoms with Crippen molar-refractivity contribution < 1.29 is 9.53 Å². The van der Waals surface area contributed by atoms with Crippen molar-refractivity contribution in [3.63, 3.8) is 0 Å². The van der Waals surface area contributed by atoms with Crippen molar-refractivity contribution in [3.05, 3.63) is 29.3 Å². The van der Waals surface area contributed by atoms with Crippen LogP contribution in [0.1, 0.15) is 31.9 Å². The summed E-state index contributed by atoms with van der Waals surface area (Å²) in [6.07, 6.45) is 1.55. The monoisotopic (exact) mass is 237 g/mol. The molecule has 1 aromatic rings. The summed E-state index contributed by atoms with van der Waals surface area (Å²) in [5, 5.41) is 2.64. The maximum Gasteiger partial charge on any atom is 0.207 e. The third-order valence-corrected chi connectivity index (χ3v) is 2.19. The molecule has 3 nitrogen and oxygen atoms in total. The number of carbonyl (C=O) groups excluding carboxylic acids is 1. The summed E-state index contributed by atoms with van der Waals surface area (Å²) in [4.78, 5) is 10.1. The zero-order chi connectivity index (χ0) is 13.1. The predicted molar refractivity (Wildman–Crippen MR) is 71.5 cm³/mol. The minimum absolute atomic E-state index is 0.665. The Morgan fingerprint density at radius 3 is 2.65 bits per heavy atom. The van der Waals surface area contributed by atoms with Crippen LogP contribution < -0.4 is 10.1 Å². The highest BCUT2D eigenvalue weighted by molar-refractivity contribution is 5.46. The van der Waals surface area contributed by atoms with Gasteiger partial charge in [-0.2, -0.15) is 0 Å². The highest BCUT2D eigenvalue weighted by Crippen LogP contribution is 2.19. The highest BCUT2D eigenvalue weighted by Gasteiger charge is 2.00. The van der Waals surface area contributed by atoms with Crippen LogP contribution in [0.5, 0.6) is 5.75 Å². The molecular weight excluding hydrogens is 214 g/mol. The molecule has 0 aromatic heterocycles. The second-order valence-corrected chi connectivity index (χ2v) is 3.35. The minimum atomic E-state index is 0.665. The molecule has 0 saturated carbocycles. The van der Waals surface area contributed by atoms with E-state index in [1.54, 1.807) is 0 Å². The van der Waals surface area contributed by atoms with Crippen LogP contribution in [-0.4, -0.2) is 19.6 Å². The smallest absolute Gasteiger partial charge is 0.207 e. The minimum Gasteiger partial charge on any atom is -0.494 e. The average Bonchev–Trinajstić information content (AvgIpc) is 2.36. The van der Waals surface area contributed by atoms with E-state index in [1.807, 2.05) is 39.8 Å². The fourth-order valence-electron chi connectivity index (χ4n) is 1.39. The summed E-state index contributed by atoms with van der Waals surface area (Å²) in [7, 11) is 0. The van der Waals surface area contributed by atoms with E-state index in [9.17, 15) is 4.79 Å². The van der Waals surface area contributed by atoms with Crippen LogP contribution in [0, 0.1) is 6.92 Å². The van der Waals surface area contributed by atoms with Gasteiger partial charge in [0.05, 0.1) is 6.61 Å². The van der Waals surface area contributed by atoms with Crippen molar-refractivity contribution in [2.45, 2.75) is 34.1 Å². The molecule has 1 aromatic carbocycles. The maximum absolute atomic E-state index is 10.1. The topological polar surface area (TPSA) is 38.3 Å². The molecule has 0 saturated heterocycles. The van der Waals surface area contributed by atoms with Crippen LogP contribution in [0.15, 0.2) is 18.2 Å². The van der Waals surface area contributed by atoms with Crippen LogP contribution in [-0.2, 0) is 11.2 Å². The van der Waals surface area contributed by atoms with E-state index in [0.717, 1.165) is 24.1 Å². The molecule has 3 heteroatoms. The molecule has 0 fully saturated rings. The summed E-state index contributed by atoms with van der Waals surface area (Å²) in [6, 6.07) is 6.14. The van der Waals surface area contributed by atoms with Crippen LogP contribution in [0.3, 0.4) is 0 Å². The lowest BCUT2D eigenvalue weighted by Crippen LogP contribution is -2.14. The normalized spacial score (nSPS) is 8.94. The van der Waals surface area contributed by atoms with Crippen molar-refractivity contribution in [3.8, 4) is 5.75 Å². The molecule has 17 heavy (non-hydrogen) atoms. The Labute approximate surface area is 104 Å². The maximum atomic E-state index is 10.1. The van der Waals surface area contributed by atoms with Crippen molar-refractivity contribution >= 4 is 6.41 Å². The summed E-state index contributed by atoms with van der Waals surface area (Å²) in [5.41, 5.74) is 2.32.